The van der Waals surface area contributed by atoms with Crippen LogP contribution in [0.1, 0.15) is 52.4 Å². The van der Waals surface area contributed by atoms with Gasteiger partial charge >= 0.3 is 17.7 Å². The van der Waals surface area contributed by atoms with Crippen molar-refractivity contribution in [2.24, 2.45) is 0 Å². The fourth-order valence-electron chi connectivity index (χ4n) is 2.37. The fourth-order valence-corrected chi connectivity index (χ4v) is 2.37. The van der Waals surface area contributed by atoms with Crippen molar-refractivity contribution in [3.05, 3.63) is 35.8 Å². The molecule has 0 bridgehead atoms. The highest BCUT2D eigenvalue weighted by atomic mass is 16.9. The SMILES string of the molecule is C=C(C)C(=O)OC(C)(O)C(O)(OC1=CCCC1)OC1=CCCC1. The molecule has 0 aromatic rings. The van der Waals surface area contributed by atoms with Crippen LogP contribution in [0.5, 0.6) is 0 Å². The molecule has 6 nitrogen and oxygen atoms in total. The summed E-state index contributed by atoms with van der Waals surface area (Å²) in [5.74, 6) is -4.78. The van der Waals surface area contributed by atoms with Crippen LogP contribution in [0.15, 0.2) is 35.8 Å². The van der Waals surface area contributed by atoms with Crippen molar-refractivity contribution in [2.75, 3.05) is 0 Å². The number of rotatable bonds is 7. The van der Waals surface area contributed by atoms with Gasteiger partial charge in [-0.05, 0) is 44.8 Å². The van der Waals surface area contributed by atoms with Gasteiger partial charge in [0, 0.05) is 25.3 Å². The van der Waals surface area contributed by atoms with E-state index in [0.717, 1.165) is 32.6 Å². The molecular weight excluding hydrogens is 300 g/mol. The van der Waals surface area contributed by atoms with Gasteiger partial charge in [0.1, 0.15) is 0 Å². The topological polar surface area (TPSA) is 85.2 Å². The van der Waals surface area contributed by atoms with E-state index in [1.807, 2.05) is 12.2 Å². The summed E-state index contributed by atoms with van der Waals surface area (Å²) in [6.07, 6.45) is 8.29. The standard InChI is InChI=1S/C17H24O6/c1-12(2)15(18)23-16(3,19)17(20,21-13-8-4-5-9-13)22-14-10-6-7-11-14/h8,10,19-20H,1,4-7,9,11H2,2-3H3. The number of ether oxygens (including phenoxy) is 3. The molecule has 1 atom stereocenters. The highest BCUT2D eigenvalue weighted by Gasteiger charge is 2.56. The van der Waals surface area contributed by atoms with Crippen molar-refractivity contribution in [3.8, 4) is 0 Å². The molecule has 0 aliphatic heterocycles. The second-order valence-corrected chi connectivity index (χ2v) is 6.06. The van der Waals surface area contributed by atoms with Crippen molar-refractivity contribution in [2.45, 2.75) is 64.1 Å². The van der Waals surface area contributed by atoms with E-state index in [9.17, 15) is 15.0 Å². The Kier molecular flexibility index (Phi) is 5.16. The number of aliphatic hydroxyl groups is 2. The second kappa shape index (κ2) is 6.76. The lowest BCUT2D eigenvalue weighted by atomic mass is 10.2. The summed E-state index contributed by atoms with van der Waals surface area (Å²) in [6, 6.07) is 0. The lowest BCUT2D eigenvalue weighted by molar-refractivity contribution is -0.447. The van der Waals surface area contributed by atoms with E-state index in [0.29, 0.717) is 24.4 Å². The summed E-state index contributed by atoms with van der Waals surface area (Å²) in [5, 5.41) is 21.3. The zero-order valence-corrected chi connectivity index (χ0v) is 13.6. The molecule has 0 saturated carbocycles. The maximum atomic E-state index is 11.7. The molecule has 23 heavy (non-hydrogen) atoms. The van der Waals surface area contributed by atoms with Crippen LogP contribution < -0.4 is 0 Å². The molecule has 0 fully saturated rings. The van der Waals surface area contributed by atoms with Crippen molar-refractivity contribution in [3.63, 3.8) is 0 Å². The summed E-state index contributed by atoms with van der Waals surface area (Å²) in [5.41, 5.74) is 0.0905. The average Bonchev–Trinajstić information content (AvgIpc) is 3.11. The third-order valence-electron chi connectivity index (χ3n) is 3.76. The first-order chi connectivity index (χ1) is 10.7. The van der Waals surface area contributed by atoms with Crippen molar-refractivity contribution in [1.82, 2.24) is 0 Å². The predicted molar refractivity (Wildman–Crippen MR) is 82.5 cm³/mol. The Balaban J connectivity index is 2.22. The van der Waals surface area contributed by atoms with Crippen LogP contribution in [0, 0.1) is 0 Å². The molecule has 0 amide bonds. The minimum absolute atomic E-state index is 0.0905. The molecule has 2 aliphatic carbocycles. The smallest absolute Gasteiger partial charge is 0.430 e. The van der Waals surface area contributed by atoms with Gasteiger partial charge in [-0.2, -0.15) is 0 Å². The maximum Gasteiger partial charge on any atom is 0.438 e. The fraction of sp³-hybridized carbons (Fsp3) is 0.588. The lowest BCUT2D eigenvalue weighted by Crippen LogP contribution is -2.58. The van der Waals surface area contributed by atoms with E-state index < -0.39 is 17.7 Å². The Morgan fingerprint density at radius 2 is 1.61 bits per heavy atom. The molecule has 2 N–H and O–H groups in total. The van der Waals surface area contributed by atoms with E-state index in [1.54, 1.807) is 0 Å². The van der Waals surface area contributed by atoms with Crippen LogP contribution in [-0.2, 0) is 19.0 Å². The van der Waals surface area contributed by atoms with Gasteiger partial charge in [-0.1, -0.05) is 6.58 Å². The quantitative estimate of drug-likeness (QED) is 0.425. The minimum atomic E-state index is -2.52. The number of esters is 1. The van der Waals surface area contributed by atoms with Gasteiger partial charge in [0.15, 0.2) is 0 Å². The maximum absolute atomic E-state index is 11.7. The first-order valence-electron chi connectivity index (χ1n) is 7.83. The Labute approximate surface area is 136 Å². The number of hydrogen-bond donors (Lipinski definition) is 2. The number of carbonyl (C=O) groups excluding carboxylic acids is 1. The molecule has 1 unspecified atom stereocenters. The van der Waals surface area contributed by atoms with Crippen LogP contribution in [0.25, 0.3) is 0 Å². The van der Waals surface area contributed by atoms with Gasteiger partial charge in [0.05, 0.1) is 11.5 Å². The molecule has 2 aliphatic rings. The molecule has 128 valence electrons. The summed E-state index contributed by atoms with van der Waals surface area (Å²) in [6.45, 7) is 6.02. The molecule has 0 radical (unpaired) electrons. The molecule has 6 heteroatoms. The van der Waals surface area contributed by atoms with Crippen molar-refractivity contribution >= 4 is 5.97 Å². The zero-order chi connectivity index (χ0) is 17.1. The molecule has 0 spiro atoms. The van der Waals surface area contributed by atoms with Crippen molar-refractivity contribution in [1.29, 1.82) is 0 Å². The van der Waals surface area contributed by atoms with E-state index in [-0.39, 0.29) is 5.57 Å². The third kappa shape index (κ3) is 4.14. The highest BCUT2D eigenvalue weighted by Crippen LogP contribution is 2.36. The summed E-state index contributed by atoms with van der Waals surface area (Å²) < 4.78 is 16.0. The molecule has 0 heterocycles. The largest absolute Gasteiger partial charge is 0.438 e. The van der Waals surface area contributed by atoms with Gasteiger partial charge in [-0.3, -0.25) is 0 Å². The number of allylic oxidation sites excluding steroid dienone is 4. The Morgan fingerprint density at radius 1 is 1.13 bits per heavy atom. The van der Waals surface area contributed by atoms with Gasteiger partial charge in [-0.15, -0.1) is 0 Å². The Morgan fingerprint density at radius 3 is 1.96 bits per heavy atom. The molecule has 0 aromatic heterocycles. The lowest BCUT2D eigenvalue weighted by Gasteiger charge is -2.39. The molecular formula is C17H24O6. The van der Waals surface area contributed by atoms with Gasteiger partial charge in [0.25, 0.3) is 0 Å². The van der Waals surface area contributed by atoms with Crippen LogP contribution in [0.2, 0.25) is 0 Å². The predicted octanol–water partition coefficient (Wildman–Crippen LogP) is 2.63. The summed E-state index contributed by atoms with van der Waals surface area (Å²) in [7, 11) is 0. The third-order valence-corrected chi connectivity index (χ3v) is 3.76. The number of hydrogen-bond acceptors (Lipinski definition) is 6. The van der Waals surface area contributed by atoms with E-state index in [4.69, 9.17) is 14.2 Å². The van der Waals surface area contributed by atoms with Crippen LogP contribution >= 0.6 is 0 Å². The van der Waals surface area contributed by atoms with E-state index in [1.165, 1.54) is 6.92 Å². The monoisotopic (exact) mass is 324 g/mol. The van der Waals surface area contributed by atoms with Crippen LogP contribution in [-0.4, -0.2) is 27.9 Å². The Bertz CT molecular complexity index is 517. The van der Waals surface area contributed by atoms with Crippen molar-refractivity contribution < 1.29 is 29.2 Å². The molecule has 0 aromatic carbocycles. The number of carbonyl (C=O) groups is 1. The summed E-state index contributed by atoms with van der Waals surface area (Å²) in [4.78, 5) is 11.7. The second-order valence-electron chi connectivity index (χ2n) is 6.06. The average molecular weight is 324 g/mol. The first-order valence-corrected chi connectivity index (χ1v) is 7.83. The van der Waals surface area contributed by atoms with E-state index in [2.05, 4.69) is 6.58 Å². The normalized spacial score (nSPS) is 20.3. The first kappa shape index (κ1) is 17.6. The Hall–Kier alpha value is -1.79. The van der Waals surface area contributed by atoms with Gasteiger partial charge in [0.2, 0.25) is 0 Å². The van der Waals surface area contributed by atoms with Crippen LogP contribution in [0.3, 0.4) is 0 Å². The molecule has 2 rings (SSSR count). The van der Waals surface area contributed by atoms with Gasteiger partial charge in [-0.25, -0.2) is 4.79 Å². The highest BCUT2D eigenvalue weighted by molar-refractivity contribution is 5.87. The van der Waals surface area contributed by atoms with Gasteiger partial charge < -0.3 is 24.4 Å². The van der Waals surface area contributed by atoms with Crippen LogP contribution in [0.4, 0.5) is 0 Å². The zero-order valence-electron chi connectivity index (χ0n) is 13.6. The van der Waals surface area contributed by atoms with E-state index >= 15 is 0 Å². The molecule has 0 saturated heterocycles. The minimum Gasteiger partial charge on any atom is -0.430 e. The summed E-state index contributed by atoms with van der Waals surface area (Å²) >= 11 is 0.